The molecule has 24 heavy (non-hydrogen) atoms. The lowest BCUT2D eigenvalue weighted by atomic mass is 9.89. The van der Waals surface area contributed by atoms with Crippen LogP contribution in [-0.4, -0.2) is 38.3 Å². The van der Waals surface area contributed by atoms with Crippen molar-refractivity contribution in [2.24, 2.45) is 5.41 Å². The minimum atomic E-state index is 0.120. The molecule has 1 aliphatic heterocycles. The third-order valence-electron chi connectivity index (χ3n) is 3.78. The average molecular weight is 327 g/mol. The van der Waals surface area contributed by atoms with E-state index in [-0.39, 0.29) is 12.0 Å². The minimum Gasteiger partial charge on any atom is -0.485 e. The fourth-order valence-electron chi connectivity index (χ4n) is 2.49. The molecule has 1 fully saturated rings. The molecule has 0 unspecified atom stereocenters. The zero-order valence-corrected chi connectivity index (χ0v) is 13.3. The van der Waals surface area contributed by atoms with Crippen molar-refractivity contribution in [2.45, 2.75) is 20.1 Å². The Labute approximate surface area is 138 Å². The van der Waals surface area contributed by atoms with Gasteiger partial charge in [-0.15, -0.1) is 5.10 Å². The lowest BCUT2D eigenvalue weighted by Crippen LogP contribution is -2.43. The van der Waals surface area contributed by atoms with Crippen LogP contribution in [0.3, 0.4) is 0 Å². The molecule has 0 spiro atoms. The van der Waals surface area contributed by atoms with Crippen molar-refractivity contribution >= 4 is 0 Å². The van der Waals surface area contributed by atoms with E-state index < -0.39 is 0 Å². The van der Waals surface area contributed by atoms with Crippen molar-refractivity contribution in [3.8, 4) is 17.3 Å². The van der Waals surface area contributed by atoms with Gasteiger partial charge >= 0.3 is 0 Å². The monoisotopic (exact) mass is 327 g/mol. The Hall–Kier alpha value is -2.74. The molecule has 0 N–H and O–H groups in total. The molecule has 0 radical (unpaired) electrons. The maximum atomic E-state index is 5.59. The van der Waals surface area contributed by atoms with Gasteiger partial charge in [0.05, 0.1) is 26.0 Å². The van der Waals surface area contributed by atoms with Gasteiger partial charge in [0.25, 0.3) is 5.89 Å². The summed E-state index contributed by atoms with van der Waals surface area (Å²) in [4.78, 5) is 4.30. The first-order valence-corrected chi connectivity index (χ1v) is 7.69. The summed E-state index contributed by atoms with van der Waals surface area (Å²) in [5, 5.41) is 12.1. The van der Waals surface area contributed by atoms with Gasteiger partial charge in [0, 0.05) is 5.41 Å². The second kappa shape index (κ2) is 6.04. The van der Waals surface area contributed by atoms with Crippen molar-refractivity contribution in [2.75, 3.05) is 13.2 Å². The van der Waals surface area contributed by atoms with E-state index in [0.717, 1.165) is 25.5 Å². The molecular weight excluding hydrogens is 310 g/mol. The fraction of sp³-hybridized carbons (Fsp3) is 0.375. The second-order valence-corrected chi connectivity index (χ2v) is 6.22. The van der Waals surface area contributed by atoms with E-state index in [4.69, 9.17) is 14.0 Å². The Balaban J connectivity index is 1.40. The summed E-state index contributed by atoms with van der Waals surface area (Å²) in [6.07, 6.45) is 1.80. The third-order valence-corrected chi connectivity index (χ3v) is 3.78. The summed E-state index contributed by atoms with van der Waals surface area (Å²) in [7, 11) is 0. The molecule has 8 nitrogen and oxygen atoms in total. The Morgan fingerprint density at radius 3 is 2.83 bits per heavy atom. The van der Waals surface area contributed by atoms with Crippen LogP contribution in [-0.2, 0) is 17.9 Å². The van der Waals surface area contributed by atoms with Crippen LogP contribution in [0.15, 0.2) is 41.1 Å². The standard InChI is InChI=1S/C16H17N5O3/c1-16(10-22-11-16)9-21-7-13(18-20-21)15-17-14(19-24-15)8-23-12-5-3-2-4-6-12/h2-7H,8-11H2,1H3. The van der Waals surface area contributed by atoms with Crippen LogP contribution >= 0.6 is 0 Å². The number of benzene rings is 1. The van der Waals surface area contributed by atoms with E-state index in [1.165, 1.54) is 0 Å². The maximum absolute atomic E-state index is 5.59. The van der Waals surface area contributed by atoms with Crippen LogP contribution in [0.1, 0.15) is 12.7 Å². The predicted octanol–water partition coefficient (Wildman–Crippen LogP) is 1.94. The second-order valence-electron chi connectivity index (χ2n) is 6.22. The normalized spacial score (nSPS) is 15.9. The molecule has 0 aliphatic carbocycles. The van der Waals surface area contributed by atoms with Crippen LogP contribution in [0, 0.1) is 5.41 Å². The molecule has 0 bridgehead atoms. The van der Waals surface area contributed by atoms with Crippen molar-refractivity contribution in [3.05, 3.63) is 42.4 Å². The molecule has 1 saturated heterocycles. The van der Waals surface area contributed by atoms with Crippen LogP contribution in [0.25, 0.3) is 11.6 Å². The van der Waals surface area contributed by atoms with E-state index in [1.54, 1.807) is 10.9 Å². The van der Waals surface area contributed by atoms with Gasteiger partial charge in [-0.05, 0) is 12.1 Å². The summed E-state index contributed by atoms with van der Waals surface area (Å²) in [6, 6.07) is 9.49. The van der Waals surface area contributed by atoms with Gasteiger partial charge in [-0.1, -0.05) is 35.5 Å². The Kier molecular flexibility index (Phi) is 3.73. The van der Waals surface area contributed by atoms with Gasteiger partial charge in [-0.25, -0.2) is 0 Å². The summed E-state index contributed by atoms with van der Waals surface area (Å²) in [6.45, 7) is 4.62. The summed E-state index contributed by atoms with van der Waals surface area (Å²) < 4.78 is 17.9. The van der Waals surface area contributed by atoms with Crippen molar-refractivity contribution in [1.82, 2.24) is 25.1 Å². The first-order valence-electron chi connectivity index (χ1n) is 7.69. The maximum Gasteiger partial charge on any atom is 0.280 e. The number of aromatic nitrogens is 5. The predicted molar refractivity (Wildman–Crippen MR) is 83.0 cm³/mol. The number of ether oxygens (including phenoxy) is 2. The van der Waals surface area contributed by atoms with Crippen LogP contribution in [0.2, 0.25) is 0 Å². The van der Waals surface area contributed by atoms with Gasteiger partial charge < -0.3 is 14.0 Å². The highest BCUT2D eigenvalue weighted by Crippen LogP contribution is 2.28. The van der Waals surface area contributed by atoms with Crippen LogP contribution in [0.5, 0.6) is 5.75 Å². The highest BCUT2D eigenvalue weighted by atomic mass is 16.5. The lowest BCUT2D eigenvalue weighted by molar-refractivity contribution is -0.111. The third kappa shape index (κ3) is 3.13. The number of nitrogens with zero attached hydrogens (tertiary/aromatic N) is 5. The van der Waals surface area contributed by atoms with Crippen molar-refractivity contribution in [3.63, 3.8) is 0 Å². The van der Waals surface area contributed by atoms with Gasteiger partial charge in [0.2, 0.25) is 5.82 Å². The quantitative estimate of drug-likeness (QED) is 0.683. The Morgan fingerprint density at radius 2 is 2.08 bits per heavy atom. The molecule has 1 aliphatic rings. The van der Waals surface area contributed by atoms with E-state index in [9.17, 15) is 0 Å². The highest BCUT2D eigenvalue weighted by molar-refractivity contribution is 5.43. The van der Waals surface area contributed by atoms with Gasteiger partial charge in [-0.3, -0.25) is 4.68 Å². The largest absolute Gasteiger partial charge is 0.485 e. The molecule has 0 saturated carbocycles. The van der Waals surface area contributed by atoms with E-state index in [1.807, 2.05) is 30.3 Å². The Morgan fingerprint density at radius 1 is 1.25 bits per heavy atom. The van der Waals surface area contributed by atoms with Crippen molar-refractivity contribution < 1.29 is 14.0 Å². The number of para-hydroxylation sites is 1. The summed E-state index contributed by atoms with van der Waals surface area (Å²) in [5.74, 6) is 1.55. The fourth-order valence-corrected chi connectivity index (χ4v) is 2.49. The number of hydrogen-bond donors (Lipinski definition) is 0. The molecule has 1 aromatic carbocycles. The molecule has 0 amide bonds. The number of rotatable bonds is 6. The van der Waals surface area contributed by atoms with E-state index in [2.05, 4.69) is 27.4 Å². The highest BCUT2D eigenvalue weighted by Gasteiger charge is 2.34. The van der Waals surface area contributed by atoms with Gasteiger partial charge in [-0.2, -0.15) is 4.98 Å². The molecule has 4 rings (SSSR count). The zero-order valence-electron chi connectivity index (χ0n) is 13.3. The van der Waals surface area contributed by atoms with Crippen LogP contribution < -0.4 is 4.74 Å². The molecular formula is C16H17N5O3. The van der Waals surface area contributed by atoms with E-state index >= 15 is 0 Å². The molecule has 3 aromatic rings. The molecule has 8 heteroatoms. The SMILES string of the molecule is CC1(Cn2cc(-c3nc(COc4ccccc4)no3)nn2)COC1. The molecule has 0 atom stereocenters. The minimum absolute atomic E-state index is 0.120. The lowest BCUT2D eigenvalue weighted by Gasteiger charge is -2.37. The summed E-state index contributed by atoms with van der Waals surface area (Å²) >= 11 is 0. The average Bonchev–Trinajstić information content (AvgIpc) is 3.21. The first-order chi connectivity index (χ1) is 11.7. The van der Waals surface area contributed by atoms with Gasteiger partial charge in [0.1, 0.15) is 5.75 Å². The summed E-state index contributed by atoms with van der Waals surface area (Å²) in [5.41, 5.74) is 0.673. The van der Waals surface area contributed by atoms with Crippen LogP contribution in [0.4, 0.5) is 0 Å². The number of hydrogen-bond acceptors (Lipinski definition) is 7. The Bertz CT molecular complexity index is 810. The molecule has 3 heterocycles. The molecule has 2 aromatic heterocycles. The smallest absolute Gasteiger partial charge is 0.280 e. The van der Waals surface area contributed by atoms with E-state index in [0.29, 0.717) is 17.4 Å². The van der Waals surface area contributed by atoms with Crippen molar-refractivity contribution in [1.29, 1.82) is 0 Å². The topological polar surface area (TPSA) is 88.1 Å². The molecule has 124 valence electrons. The van der Waals surface area contributed by atoms with Gasteiger partial charge in [0.15, 0.2) is 12.3 Å². The first kappa shape index (κ1) is 14.8. The zero-order chi connectivity index (χ0) is 16.4.